The summed E-state index contributed by atoms with van der Waals surface area (Å²) in [7, 11) is 1.50. The zero-order valence-electron chi connectivity index (χ0n) is 17.2. The molecule has 3 aromatic rings. The largest absolute Gasteiger partial charge is 0.507 e. The van der Waals surface area contributed by atoms with Gasteiger partial charge in [0.25, 0.3) is 0 Å². The topological polar surface area (TPSA) is 123 Å². The Hall–Kier alpha value is -3.79. The molecule has 0 bridgehead atoms. The second kappa shape index (κ2) is 8.92. The van der Waals surface area contributed by atoms with E-state index in [0.717, 1.165) is 0 Å². The quantitative estimate of drug-likeness (QED) is 0.595. The summed E-state index contributed by atoms with van der Waals surface area (Å²) in [5.74, 6) is 0.809. The van der Waals surface area contributed by atoms with Crippen molar-refractivity contribution in [3.63, 3.8) is 0 Å². The predicted octanol–water partition coefficient (Wildman–Crippen LogP) is 2.11. The fraction of sp³-hybridized carbons (Fsp3) is 0.286. The van der Waals surface area contributed by atoms with Gasteiger partial charge in [0, 0.05) is 49.7 Å². The predicted molar refractivity (Wildman–Crippen MR) is 114 cm³/mol. The zero-order chi connectivity index (χ0) is 21.8. The van der Waals surface area contributed by atoms with E-state index in [-0.39, 0.29) is 17.7 Å². The van der Waals surface area contributed by atoms with Crippen molar-refractivity contribution in [2.75, 3.05) is 43.6 Å². The van der Waals surface area contributed by atoms with Gasteiger partial charge in [0.15, 0.2) is 5.82 Å². The van der Waals surface area contributed by atoms with Crippen LogP contribution in [0.2, 0.25) is 0 Å². The maximum absolute atomic E-state index is 11.5. The molecule has 1 aliphatic rings. The van der Waals surface area contributed by atoms with Crippen LogP contribution in [0.5, 0.6) is 11.8 Å². The van der Waals surface area contributed by atoms with Crippen molar-refractivity contribution in [2.24, 2.45) is 0 Å². The maximum Gasteiger partial charge on any atom is 0.316 e. The minimum atomic E-state index is -0.212. The number of hydrogen-bond donors (Lipinski definition) is 2. The second-order valence-corrected chi connectivity index (χ2v) is 6.91. The zero-order valence-corrected chi connectivity index (χ0v) is 17.2. The number of carbonyl (C=O) groups excluding carboxylic acids is 1. The minimum absolute atomic E-state index is 0.00478. The number of methoxy groups -OCH3 is 1. The van der Waals surface area contributed by atoms with Gasteiger partial charge >= 0.3 is 6.01 Å². The monoisotopic (exact) mass is 422 g/mol. The summed E-state index contributed by atoms with van der Waals surface area (Å²) < 4.78 is 10.5. The van der Waals surface area contributed by atoms with Crippen LogP contribution in [0, 0.1) is 0 Å². The summed E-state index contributed by atoms with van der Waals surface area (Å²) in [6.07, 6.45) is 3.24. The average Bonchev–Trinajstić information content (AvgIpc) is 2.80. The van der Waals surface area contributed by atoms with E-state index in [0.29, 0.717) is 60.5 Å². The van der Waals surface area contributed by atoms with E-state index in [2.05, 4.69) is 30.2 Å². The van der Waals surface area contributed by atoms with Gasteiger partial charge in [0.05, 0.1) is 31.6 Å². The molecule has 31 heavy (non-hydrogen) atoms. The van der Waals surface area contributed by atoms with E-state index in [1.807, 2.05) is 6.07 Å². The molecule has 0 spiro atoms. The normalized spacial score (nSPS) is 13.7. The Labute approximate surface area is 178 Å². The Bertz CT molecular complexity index is 1080. The Balaban J connectivity index is 1.82. The number of rotatable bonds is 5. The maximum atomic E-state index is 11.5. The highest BCUT2D eigenvalue weighted by molar-refractivity contribution is 5.90. The lowest BCUT2D eigenvalue weighted by molar-refractivity contribution is -0.114. The van der Waals surface area contributed by atoms with Crippen LogP contribution in [0.25, 0.3) is 22.6 Å². The third-order valence-corrected chi connectivity index (χ3v) is 4.71. The smallest absolute Gasteiger partial charge is 0.316 e. The number of nitrogens with one attached hydrogen (secondary N) is 1. The van der Waals surface area contributed by atoms with Gasteiger partial charge in [-0.15, -0.1) is 0 Å². The van der Waals surface area contributed by atoms with E-state index in [1.165, 1.54) is 20.1 Å². The van der Waals surface area contributed by atoms with Crippen molar-refractivity contribution in [3.05, 3.63) is 36.7 Å². The summed E-state index contributed by atoms with van der Waals surface area (Å²) in [5.41, 5.74) is 2.21. The molecular formula is C21H22N6O4. The molecule has 4 rings (SSSR count). The van der Waals surface area contributed by atoms with Gasteiger partial charge in [-0.2, -0.15) is 0 Å². The molecule has 0 atom stereocenters. The number of morpholine rings is 1. The highest BCUT2D eigenvalue weighted by atomic mass is 16.5. The molecule has 2 aromatic heterocycles. The van der Waals surface area contributed by atoms with E-state index < -0.39 is 0 Å². The lowest BCUT2D eigenvalue weighted by Crippen LogP contribution is -2.36. The van der Waals surface area contributed by atoms with Crippen molar-refractivity contribution in [2.45, 2.75) is 6.92 Å². The molecule has 1 saturated heterocycles. The van der Waals surface area contributed by atoms with Gasteiger partial charge in [-0.05, 0) is 18.2 Å². The molecule has 3 heterocycles. The number of amides is 1. The molecule has 10 heteroatoms. The second-order valence-electron chi connectivity index (χ2n) is 6.91. The standard InChI is InChI=1S/C21H22N6O4/c1-13(28)24-15-3-4-18(29)16(9-15)20-25-17(14-11-22-21(30-2)23-12-14)10-19(26-20)27-5-7-31-8-6-27/h3-4,9-12,29H,5-8H2,1-2H3,(H,24,28). The Morgan fingerprint density at radius 1 is 1.16 bits per heavy atom. The lowest BCUT2D eigenvalue weighted by Gasteiger charge is -2.28. The molecule has 0 unspecified atom stereocenters. The van der Waals surface area contributed by atoms with Crippen LogP contribution in [-0.2, 0) is 9.53 Å². The number of anilines is 2. The molecule has 1 fully saturated rings. The van der Waals surface area contributed by atoms with Gasteiger partial charge in [-0.25, -0.2) is 19.9 Å². The fourth-order valence-corrected chi connectivity index (χ4v) is 3.21. The van der Waals surface area contributed by atoms with Gasteiger partial charge in [0.2, 0.25) is 5.91 Å². The van der Waals surface area contributed by atoms with Crippen LogP contribution in [0.3, 0.4) is 0 Å². The summed E-state index contributed by atoms with van der Waals surface area (Å²) in [5, 5.41) is 13.2. The first-order valence-electron chi connectivity index (χ1n) is 9.72. The summed E-state index contributed by atoms with van der Waals surface area (Å²) in [4.78, 5) is 31.2. The first kappa shape index (κ1) is 20.5. The number of phenols is 1. The van der Waals surface area contributed by atoms with Crippen LogP contribution >= 0.6 is 0 Å². The SMILES string of the molecule is COc1ncc(-c2cc(N3CCOCC3)nc(-c3cc(NC(C)=O)ccc3O)n2)cn1. The first-order chi connectivity index (χ1) is 15.0. The number of phenolic OH excluding ortho intramolecular Hbond substituents is 1. The van der Waals surface area contributed by atoms with Gasteiger partial charge in [-0.3, -0.25) is 4.79 Å². The molecule has 1 aliphatic heterocycles. The molecule has 0 saturated carbocycles. The van der Waals surface area contributed by atoms with Crippen molar-refractivity contribution in [1.82, 2.24) is 19.9 Å². The van der Waals surface area contributed by atoms with Crippen molar-refractivity contribution < 1.29 is 19.4 Å². The Morgan fingerprint density at radius 2 is 1.90 bits per heavy atom. The number of carbonyl (C=O) groups is 1. The third kappa shape index (κ3) is 4.69. The minimum Gasteiger partial charge on any atom is -0.507 e. The molecule has 10 nitrogen and oxygen atoms in total. The summed E-state index contributed by atoms with van der Waals surface area (Å²) >= 11 is 0. The highest BCUT2D eigenvalue weighted by Gasteiger charge is 2.18. The summed E-state index contributed by atoms with van der Waals surface area (Å²) in [6.45, 7) is 4.00. The van der Waals surface area contributed by atoms with Crippen LogP contribution in [0.1, 0.15) is 6.92 Å². The molecule has 0 aliphatic carbocycles. The number of nitrogens with zero attached hydrogens (tertiary/aromatic N) is 5. The van der Waals surface area contributed by atoms with Gasteiger partial charge in [-0.1, -0.05) is 0 Å². The van der Waals surface area contributed by atoms with Gasteiger partial charge in [0.1, 0.15) is 11.6 Å². The lowest BCUT2D eigenvalue weighted by atomic mass is 10.1. The van der Waals surface area contributed by atoms with Crippen LogP contribution in [0.4, 0.5) is 11.5 Å². The van der Waals surface area contributed by atoms with Crippen molar-refractivity contribution in [3.8, 4) is 34.4 Å². The van der Waals surface area contributed by atoms with E-state index in [9.17, 15) is 9.90 Å². The van der Waals surface area contributed by atoms with Gasteiger partial charge < -0.3 is 24.8 Å². The molecule has 1 aromatic carbocycles. The van der Waals surface area contributed by atoms with E-state index in [1.54, 1.807) is 24.5 Å². The third-order valence-electron chi connectivity index (χ3n) is 4.71. The Kier molecular flexibility index (Phi) is 5.89. The van der Waals surface area contributed by atoms with Crippen LogP contribution in [0.15, 0.2) is 36.7 Å². The van der Waals surface area contributed by atoms with Crippen molar-refractivity contribution >= 4 is 17.4 Å². The number of benzene rings is 1. The average molecular weight is 422 g/mol. The number of aromatic hydroxyl groups is 1. The van der Waals surface area contributed by atoms with Crippen LogP contribution in [-0.4, -0.2) is 64.4 Å². The molecule has 2 N–H and O–H groups in total. The first-order valence-corrected chi connectivity index (χ1v) is 9.72. The van der Waals surface area contributed by atoms with Crippen molar-refractivity contribution in [1.29, 1.82) is 0 Å². The number of aromatic nitrogens is 4. The van der Waals surface area contributed by atoms with E-state index in [4.69, 9.17) is 9.47 Å². The summed E-state index contributed by atoms with van der Waals surface area (Å²) in [6, 6.07) is 6.87. The fourth-order valence-electron chi connectivity index (χ4n) is 3.21. The molecule has 0 radical (unpaired) electrons. The molecule has 1 amide bonds. The van der Waals surface area contributed by atoms with E-state index >= 15 is 0 Å². The number of hydrogen-bond acceptors (Lipinski definition) is 9. The molecular weight excluding hydrogens is 400 g/mol. The van der Waals surface area contributed by atoms with Crippen LogP contribution < -0.4 is 15.0 Å². The highest BCUT2D eigenvalue weighted by Crippen LogP contribution is 2.33. The number of ether oxygens (including phenoxy) is 2. The molecule has 160 valence electrons. The Morgan fingerprint density at radius 3 is 2.58 bits per heavy atom.